The summed E-state index contributed by atoms with van der Waals surface area (Å²) in [7, 11) is 1.28. The Balaban J connectivity index is 1.90. The highest BCUT2D eigenvalue weighted by atomic mass is 32.2. The van der Waals surface area contributed by atoms with E-state index in [1.54, 1.807) is 0 Å². The molecule has 19 heavy (non-hydrogen) atoms. The molecule has 0 N–H and O–H groups in total. The van der Waals surface area contributed by atoms with Gasteiger partial charge in [-0.15, -0.1) is 11.8 Å². The molecule has 0 aromatic heterocycles. The maximum atomic E-state index is 11.8. The first-order chi connectivity index (χ1) is 9.08. The first-order valence-corrected chi connectivity index (χ1v) is 6.79. The Labute approximate surface area is 113 Å². The minimum absolute atomic E-state index is 0.135. The van der Waals surface area contributed by atoms with Gasteiger partial charge in [0, 0.05) is 6.08 Å². The molecule has 0 spiro atoms. The van der Waals surface area contributed by atoms with Crippen LogP contribution in [0, 0.1) is 11.8 Å². The maximum absolute atomic E-state index is 11.8. The Bertz CT molecular complexity index is 475. The standard InChI is InChI=1S/C12H12O6S/c1-3-4(13)17-7-8-10-6(12(15)18-8)5(9(7)19-10)11(14)16-2/h3,5-10H,1H2,2H3. The van der Waals surface area contributed by atoms with Crippen LogP contribution in [-0.4, -0.2) is 47.7 Å². The smallest absolute Gasteiger partial charge is 0.330 e. The predicted molar refractivity (Wildman–Crippen MR) is 64.1 cm³/mol. The van der Waals surface area contributed by atoms with Crippen LogP contribution in [0.15, 0.2) is 12.7 Å². The number of hydrogen-bond acceptors (Lipinski definition) is 7. The monoisotopic (exact) mass is 284 g/mol. The molecule has 0 radical (unpaired) electrons. The molecule has 3 heterocycles. The average Bonchev–Trinajstić information content (AvgIpc) is 3.00. The van der Waals surface area contributed by atoms with Gasteiger partial charge in [0.2, 0.25) is 0 Å². The van der Waals surface area contributed by atoms with Crippen LogP contribution in [0.3, 0.4) is 0 Å². The van der Waals surface area contributed by atoms with Crippen molar-refractivity contribution in [2.45, 2.75) is 22.7 Å². The number of carbonyl (C=O) groups excluding carboxylic acids is 3. The molecule has 0 saturated carbocycles. The Hall–Kier alpha value is -1.50. The van der Waals surface area contributed by atoms with Crippen LogP contribution < -0.4 is 0 Å². The van der Waals surface area contributed by atoms with Crippen LogP contribution in [0.2, 0.25) is 0 Å². The van der Waals surface area contributed by atoms with E-state index in [0.717, 1.165) is 6.08 Å². The fourth-order valence-electron chi connectivity index (χ4n) is 3.06. The molecule has 7 heteroatoms. The van der Waals surface area contributed by atoms with Crippen LogP contribution in [-0.2, 0) is 28.6 Å². The largest absolute Gasteiger partial charge is 0.469 e. The summed E-state index contributed by atoms with van der Waals surface area (Å²) in [6.07, 6.45) is -0.0115. The summed E-state index contributed by atoms with van der Waals surface area (Å²) in [6, 6.07) is 0. The summed E-state index contributed by atoms with van der Waals surface area (Å²) in [5, 5.41) is -0.424. The molecule has 0 amide bonds. The van der Waals surface area contributed by atoms with Crippen molar-refractivity contribution in [3.63, 3.8) is 0 Å². The van der Waals surface area contributed by atoms with Crippen molar-refractivity contribution in [3.05, 3.63) is 12.7 Å². The van der Waals surface area contributed by atoms with Crippen LogP contribution in [0.5, 0.6) is 0 Å². The SMILES string of the molecule is C=CC(=O)OC1C2OC(=O)C3C2SC1C3C(=O)OC. The molecule has 3 aliphatic rings. The molecule has 6 unspecified atom stereocenters. The Morgan fingerprint density at radius 1 is 1.42 bits per heavy atom. The quantitative estimate of drug-likeness (QED) is 0.407. The number of ether oxygens (including phenoxy) is 3. The van der Waals surface area contributed by atoms with Gasteiger partial charge >= 0.3 is 17.9 Å². The summed E-state index contributed by atoms with van der Waals surface area (Å²) in [5.74, 6) is -2.53. The van der Waals surface area contributed by atoms with Crippen LogP contribution in [0.25, 0.3) is 0 Å². The lowest BCUT2D eigenvalue weighted by molar-refractivity contribution is -0.156. The molecule has 6 nitrogen and oxygen atoms in total. The third-order valence-electron chi connectivity index (χ3n) is 3.80. The van der Waals surface area contributed by atoms with Crippen molar-refractivity contribution in [1.82, 2.24) is 0 Å². The van der Waals surface area contributed by atoms with Crippen molar-refractivity contribution in [2.24, 2.45) is 11.8 Å². The normalized spacial score (nSPS) is 41.8. The second-order valence-electron chi connectivity index (χ2n) is 4.65. The molecule has 3 aliphatic heterocycles. The molecular weight excluding hydrogens is 272 g/mol. The second-order valence-corrected chi connectivity index (χ2v) is 6.01. The van der Waals surface area contributed by atoms with E-state index in [9.17, 15) is 14.4 Å². The maximum Gasteiger partial charge on any atom is 0.330 e. The fraction of sp³-hybridized carbons (Fsp3) is 0.583. The lowest BCUT2D eigenvalue weighted by Crippen LogP contribution is -2.47. The molecule has 0 aromatic carbocycles. The molecule has 2 bridgehead atoms. The third-order valence-corrected chi connectivity index (χ3v) is 5.55. The zero-order valence-electron chi connectivity index (χ0n) is 10.1. The summed E-state index contributed by atoms with van der Waals surface area (Å²) in [5.41, 5.74) is 0. The number of thioether (sulfide) groups is 1. The van der Waals surface area contributed by atoms with Crippen molar-refractivity contribution in [1.29, 1.82) is 0 Å². The first-order valence-electron chi connectivity index (χ1n) is 5.85. The van der Waals surface area contributed by atoms with Gasteiger partial charge in [0.05, 0.1) is 29.4 Å². The molecule has 0 aliphatic carbocycles. The molecule has 3 saturated heterocycles. The summed E-state index contributed by atoms with van der Waals surface area (Å²) in [6.45, 7) is 3.33. The van der Waals surface area contributed by atoms with E-state index in [1.807, 2.05) is 0 Å². The Morgan fingerprint density at radius 2 is 2.16 bits per heavy atom. The highest BCUT2D eigenvalue weighted by Crippen LogP contribution is 2.59. The van der Waals surface area contributed by atoms with Crippen molar-refractivity contribution < 1.29 is 28.6 Å². The summed E-state index contributed by atoms with van der Waals surface area (Å²) in [4.78, 5) is 35.0. The number of rotatable bonds is 3. The number of hydrogen-bond donors (Lipinski definition) is 0. The van der Waals surface area contributed by atoms with Crippen LogP contribution >= 0.6 is 11.8 Å². The molecule has 3 rings (SSSR count). The number of methoxy groups -OCH3 is 1. The summed E-state index contributed by atoms with van der Waals surface area (Å²) < 4.78 is 15.2. The zero-order valence-corrected chi connectivity index (χ0v) is 10.9. The van der Waals surface area contributed by atoms with Gasteiger partial charge in [-0.2, -0.15) is 0 Å². The predicted octanol–water partition coefficient (Wildman–Crippen LogP) is -0.0874. The van der Waals surface area contributed by atoms with Gasteiger partial charge in [-0.3, -0.25) is 9.59 Å². The minimum atomic E-state index is -0.604. The van der Waals surface area contributed by atoms with E-state index in [-0.39, 0.29) is 10.5 Å². The van der Waals surface area contributed by atoms with E-state index in [1.165, 1.54) is 18.9 Å². The average molecular weight is 284 g/mol. The molecule has 102 valence electrons. The van der Waals surface area contributed by atoms with Gasteiger partial charge in [-0.25, -0.2) is 4.79 Å². The van der Waals surface area contributed by atoms with Crippen LogP contribution in [0.1, 0.15) is 0 Å². The van der Waals surface area contributed by atoms with E-state index in [0.29, 0.717) is 0 Å². The first kappa shape index (κ1) is 12.5. The van der Waals surface area contributed by atoms with Gasteiger partial charge in [0.1, 0.15) is 0 Å². The molecule has 0 aromatic rings. The van der Waals surface area contributed by atoms with E-state index < -0.39 is 42.0 Å². The van der Waals surface area contributed by atoms with Gasteiger partial charge in [0.25, 0.3) is 0 Å². The lowest BCUT2D eigenvalue weighted by Gasteiger charge is -2.28. The van der Waals surface area contributed by atoms with Gasteiger partial charge in [-0.05, 0) is 0 Å². The summed E-state index contributed by atoms with van der Waals surface area (Å²) >= 11 is 1.47. The van der Waals surface area contributed by atoms with Gasteiger partial charge < -0.3 is 14.2 Å². The number of carbonyl (C=O) groups is 3. The highest BCUT2D eigenvalue weighted by molar-refractivity contribution is 8.01. The fourth-order valence-corrected chi connectivity index (χ4v) is 5.05. The zero-order chi connectivity index (χ0) is 13.7. The van der Waals surface area contributed by atoms with Crippen LogP contribution in [0.4, 0.5) is 0 Å². The molecular formula is C12H12O6S. The van der Waals surface area contributed by atoms with Crippen molar-refractivity contribution in [2.75, 3.05) is 7.11 Å². The Morgan fingerprint density at radius 3 is 2.79 bits per heavy atom. The highest BCUT2D eigenvalue weighted by Gasteiger charge is 2.71. The van der Waals surface area contributed by atoms with Gasteiger partial charge in [0.15, 0.2) is 12.2 Å². The van der Waals surface area contributed by atoms with E-state index >= 15 is 0 Å². The number of fused-ring (bicyclic) bond motifs is 1. The second kappa shape index (κ2) is 4.26. The van der Waals surface area contributed by atoms with E-state index in [4.69, 9.17) is 14.2 Å². The lowest BCUT2D eigenvalue weighted by atomic mass is 9.78. The van der Waals surface area contributed by atoms with Gasteiger partial charge in [-0.1, -0.05) is 6.58 Å². The van der Waals surface area contributed by atoms with Crippen molar-refractivity contribution >= 4 is 29.7 Å². The van der Waals surface area contributed by atoms with Crippen molar-refractivity contribution in [3.8, 4) is 0 Å². The topological polar surface area (TPSA) is 78.9 Å². The molecule has 3 fully saturated rings. The number of esters is 3. The van der Waals surface area contributed by atoms with E-state index in [2.05, 4.69) is 6.58 Å². The molecule has 6 atom stereocenters. The third kappa shape index (κ3) is 1.60. The Kier molecular flexibility index (Phi) is 2.81. The minimum Gasteiger partial charge on any atom is -0.469 e.